The van der Waals surface area contributed by atoms with Crippen molar-refractivity contribution < 1.29 is 13.2 Å². The van der Waals surface area contributed by atoms with Gasteiger partial charge in [-0.15, -0.1) is 35.3 Å². The molecule has 1 saturated heterocycles. The molecule has 12 heteroatoms. The minimum absolute atomic E-state index is 0. The third kappa shape index (κ3) is 6.33. The van der Waals surface area contributed by atoms with Crippen LogP contribution in [0.1, 0.15) is 29.5 Å². The number of alkyl halides is 3. The van der Waals surface area contributed by atoms with Crippen LogP contribution in [0.15, 0.2) is 22.8 Å². The Hall–Kier alpha value is -1.34. The van der Waals surface area contributed by atoms with Gasteiger partial charge in [-0.3, -0.25) is 0 Å². The molecule has 166 valence electrons. The maximum absolute atomic E-state index is 12.8. The Kier molecular flexibility index (Phi) is 8.98. The van der Waals surface area contributed by atoms with Crippen molar-refractivity contribution >= 4 is 58.7 Å². The molecule has 0 aliphatic carbocycles. The molecule has 1 fully saturated rings. The first-order valence-corrected chi connectivity index (χ1v) is 10.4. The highest BCUT2D eigenvalue weighted by Gasteiger charge is 2.33. The molecule has 0 aromatic carbocycles. The van der Waals surface area contributed by atoms with Crippen molar-refractivity contribution in [3.05, 3.63) is 38.9 Å². The molecule has 1 unspecified atom stereocenters. The second-order valence-electron chi connectivity index (χ2n) is 6.66. The van der Waals surface area contributed by atoms with Crippen LogP contribution in [0.2, 0.25) is 5.02 Å². The number of aliphatic imine (C=N–C) groups is 1. The number of pyridine rings is 1. The van der Waals surface area contributed by atoms with E-state index in [0.717, 1.165) is 35.8 Å². The molecular formula is C18H23ClF3IN6S. The SMILES string of the molecule is CCNC(=NCc1scnc1C)NC1CCN(c2ncc(C(F)(F)F)cc2Cl)C1.I. The minimum Gasteiger partial charge on any atom is -0.357 e. The molecule has 30 heavy (non-hydrogen) atoms. The maximum Gasteiger partial charge on any atom is 0.417 e. The van der Waals surface area contributed by atoms with Crippen molar-refractivity contribution in [1.29, 1.82) is 0 Å². The first kappa shape index (κ1) is 24.9. The Morgan fingerprint density at radius 1 is 1.40 bits per heavy atom. The molecule has 0 bridgehead atoms. The number of thiazole rings is 1. The van der Waals surface area contributed by atoms with Gasteiger partial charge in [0.2, 0.25) is 0 Å². The standard InChI is InChI=1S/C18H22ClF3N6S.HI/c1-3-23-17(25-8-15-11(2)26-10-29-15)27-13-4-5-28(9-13)16-14(19)6-12(7-24-16)18(20,21)22;/h6-7,10,13H,3-5,8-9H2,1-2H3,(H2,23,25,27);1H. The van der Waals surface area contributed by atoms with Gasteiger partial charge in [-0.1, -0.05) is 11.6 Å². The third-order valence-corrected chi connectivity index (χ3v) is 5.75. The predicted molar refractivity (Wildman–Crippen MR) is 125 cm³/mol. The van der Waals surface area contributed by atoms with E-state index in [0.29, 0.717) is 31.4 Å². The normalized spacial score (nSPS) is 17.1. The number of halogens is 5. The van der Waals surface area contributed by atoms with Gasteiger partial charge in [0.25, 0.3) is 0 Å². The lowest BCUT2D eigenvalue weighted by atomic mass is 10.2. The number of guanidine groups is 1. The number of hydrogen-bond acceptors (Lipinski definition) is 5. The van der Waals surface area contributed by atoms with Crippen molar-refractivity contribution in [2.75, 3.05) is 24.5 Å². The van der Waals surface area contributed by atoms with E-state index in [1.54, 1.807) is 16.8 Å². The smallest absolute Gasteiger partial charge is 0.357 e. The van der Waals surface area contributed by atoms with E-state index in [4.69, 9.17) is 11.6 Å². The second kappa shape index (κ2) is 10.8. The number of hydrogen-bond donors (Lipinski definition) is 2. The van der Waals surface area contributed by atoms with Crippen molar-refractivity contribution in [2.45, 2.75) is 39.0 Å². The third-order valence-electron chi connectivity index (χ3n) is 4.55. The van der Waals surface area contributed by atoms with E-state index in [1.165, 1.54) is 0 Å². The van der Waals surface area contributed by atoms with Crippen LogP contribution in [0.5, 0.6) is 0 Å². The number of aryl methyl sites for hydroxylation is 1. The van der Waals surface area contributed by atoms with E-state index >= 15 is 0 Å². The van der Waals surface area contributed by atoms with E-state index in [9.17, 15) is 13.2 Å². The summed E-state index contributed by atoms with van der Waals surface area (Å²) >= 11 is 7.64. The minimum atomic E-state index is -4.46. The first-order valence-electron chi connectivity index (χ1n) is 9.19. The molecule has 3 rings (SSSR count). The Bertz CT molecular complexity index is 876. The fourth-order valence-corrected chi connectivity index (χ4v) is 4.02. The monoisotopic (exact) mass is 574 g/mol. The summed E-state index contributed by atoms with van der Waals surface area (Å²) in [7, 11) is 0. The number of rotatable bonds is 5. The molecule has 0 radical (unpaired) electrons. The molecule has 6 nitrogen and oxygen atoms in total. The van der Waals surface area contributed by atoms with Gasteiger partial charge in [-0.05, 0) is 26.3 Å². The summed E-state index contributed by atoms with van der Waals surface area (Å²) in [5.74, 6) is 1.06. The van der Waals surface area contributed by atoms with Crippen LogP contribution >= 0.6 is 46.9 Å². The van der Waals surface area contributed by atoms with Crippen LogP contribution in [-0.4, -0.2) is 41.6 Å². The number of aromatic nitrogens is 2. The summed E-state index contributed by atoms with van der Waals surface area (Å²) in [4.78, 5) is 15.8. The molecule has 2 aromatic heterocycles. The topological polar surface area (TPSA) is 65.4 Å². The Morgan fingerprint density at radius 2 is 2.17 bits per heavy atom. The van der Waals surface area contributed by atoms with Crippen LogP contribution in [-0.2, 0) is 12.7 Å². The van der Waals surface area contributed by atoms with Gasteiger partial charge < -0.3 is 15.5 Å². The van der Waals surface area contributed by atoms with E-state index in [2.05, 4.69) is 25.6 Å². The predicted octanol–water partition coefficient (Wildman–Crippen LogP) is 4.47. The fraction of sp³-hybridized carbons (Fsp3) is 0.500. The van der Waals surface area contributed by atoms with Crippen LogP contribution in [0.3, 0.4) is 0 Å². The molecule has 0 saturated carbocycles. The molecule has 3 heterocycles. The average molecular weight is 575 g/mol. The van der Waals surface area contributed by atoms with Crippen LogP contribution in [0.4, 0.5) is 19.0 Å². The summed E-state index contributed by atoms with van der Waals surface area (Å²) in [5, 5.41) is 6.61. The molecular weight excluding hydrogens is 552 g/mol. The summed E-state index contributed by atoms with van der Waals surface area (Å²) in [6.45, 7) is 6.41. The molecule has 1 aliphatic heterocycles. The lowest BCUT2D eigenvalue weighted by Crippen LogP contribution is -2.44. The van der Waals surface area contributed by atoms with Crippen molar-refractivity contribution in [2.24, 2.45) is 4.99 Å². The number of nitrogens with one attached hydrogen (secondary N) is 2. The Morgan fingerprint density at radius 3 is 2.77 bits per heavy atom. The summed E-state index contributed by atoms with van der Waals surface area (Å²) < 4.78 is 38.4. The molecule has 2 N–H and O–H groups in total. The zero-order valence-corrected chi connectivity index (χ0v) is 20.4. The molecule has 1 atom stereocenters. The summed E-state index contributed by atoms with van der Waals surface area (Å²) in [5.41, 5.74) is 1.93. The lowest BCUT2D eigenvalue weighted by Gasteiger charge is -2.21. The Labute approximate surface area is 199 Å². The zero-order chi connectivity index (χ0) is 21.0. The molecule has 2 aromatic rings. The van der Waals surface area contributed by atoms with Crippen molar-refractivity contribution in [3.63, 3.8) is 0 Å². The average Bonchev–Trinajstić information content (AvgIpc) is 3.28. The Balaban J connectivity index is 0.00000320. The van der Waals surface area contributed by atoms with Crippen LogP contribution in [0.25, 0.3) is 0 Å². The number of nitrogens with zero attached hydrogens (tertiary/aromatic N) is 4. The van der Waals surface area contributed by atoms with Crippen molar-refractivity contribution in [3.8, 4) is 0 Å². The highest BCUT2D eigenvalue weighted by Crippen LogP contribution is 2.34. The largest absolute Gasteiger partial charge is 0.417 e. The van der Waals surface area contributed by atoms with E-state index in [-0.39, 0.29) is 35.0 Å². The summed E-state index contributed by atoms with van der Waals surface area (Å²) in [6, 6.07) is 1.00. The van der Waals surface area contributed by atoms with Crippen LogP contribution < -0.4 is 15.5 Å². The van der Waals surface area contributed by atoms with Gasteiger partial charge in [0, 0.05) is 36.8 Å². The van der Waals surface area contributed by atoms with E-state index in [1.807, 2.05) is 18.7 Å². The highest BCUT2D eigenvalue weighted by atomic mass is 127. The fourth-order valence-electron chi connectivity index (χ4n) is 3.03. The summed E-state index contributed by atoms with van der Waals surface area (Å²) in [6.07, 6.45) is -2.84. The highest BCUT2D eigenvalue weighted by molar-refractivity contribution is 14.0. The number of anilines is 1. The molecule has 1 aliphatic rings. The van der Waals surface area contributed by atoms with Crippen LogP contribution in [0, 0.1) is 6.92 Å². The molecule has 0 spiro atoms. The van der Waals surface area contributed by atoms with Gasteiger partial charge in [0.15, 0.2) is 5.96 Å². The van der Waals surface area contributed by atoms with Gasteiger partial charge in [0.1, 0.15) is 5.82 Å². The quantitative estimate of drug-likeness (QED) is 0.314. The van der Waals surface area contributed by atoms with Gasteiger partial charge in [-0.2, -0.15) is 13.2 Å². The van der Waals surface area contributed by atoms with Gasteiger partial charge >= 0.3 is 6.18 Å². The van der Waals surface area contributed by atoms with Gasteiger partial charge in [-0.25, -0.2) is 15.0 Å². The maximum atomic E-state index is 12.8. The van der Waals surface area contributed by atoms with E-state index < -0.39 is 11.7 Å². The molecule has 0 amide bonds. The zero-order valence-electron chi connectivity index (χ0n) is 16.5. The van der Waals surface area contributed by atoms with Gasteiger partial charge in [0.05, 0.1) is 28.3 Å². The first-order chi connectivity index (χ1) is 13.8. The lowest BCUT2D eigenvalue weighted by molar-refractivity contribution is -0.137. The second-order valence-corrected chi connectivity index (χ2v) is 8.01. The van der Waals surface area contributed by atoms with Crippen molar-refractivity contribution in [1.82, 2.24) is 20.6 Å².